The summed E-state index contributed by atoms with van der Waals surface area (Å²) in [5.41, 5.74) is 3.27. The highest BCUT2D eigenvalue weighted by Crippen LogP contribution is 2.16. The first-order chi connectivity index (χ1) is 9.61. The Balaban J connectivity index is 1.88. The number of benzene rings is 2. The number of carbonyl (C=O) groups excluding carboxylic acids is 1. The van der Waals surface area contributed by atoms with Gasteiger partial charge in [0.2, 0.25) is 0 Å². The van der Waals surface area contributed by atoms with E-state index in [1.807, 2.05) is 0 Å². The van der Waals surface area contributed by atoms with Crippen molar-refractivity contribution in [1.29, 1.82) is 0 Å². The van der Waals surface area contributed by atoms with Gasteiger partial charge in [0, 0.05) is 11.3 Å². The molecule has 0 radical (unpaired) electrons. The summed E-state index contributed by atoms with van der Waals surface area (Å²) >= 11 is 0. The highest BCUT2D eigenvalue weighted by Gasteiger charge is 2.08. The largest absolute Gasteiger partial charge is 0.345 e. The van der Waals surface area contributed by atoms with Crippen molar-refractivity contribution in [2.24, 2.45) is 0 Å². The maximum absolute atomic E-state index is 13.3. The summed E-state index contributed by atoms with van der Waals surface area (Å²) < 4.78 is 13.3. The molecule has 1 heterocycles. The van der Waals surface area contributed by atoms with Crippen LogP contribution in [-0.2, 0) is 0 Å². The van der Waals surface area contributed by atoms with Crippen LogP contribution in [0.25, 0.3) is 11.0 Å². The van der Waals surface area contributed by atoms with Gasteiger partial charge < -0.3 is 10.3 Å². The predicted octanol–water partition coefficient (Wildman–Crippen LogP) is 3.26. The van der Waals surface area contributed by atoms with E-state index in [1.165, 1.54) is 12.1 Å². The molecule has 3 rings (SSSR count). The lowest BCUT2D eigenvalue weighted by Gasteiger charge is -2.06. The van der Waals surface area contributed by atoms with Crippen LogP contribution in [0.4, 0.5) is 10.1 Å². The number of hydrogen-bond acceptors (Lipinski definition) is 2. The van der Waals surface area contributed by atoms with Crippen molar-refractivity contribution in [3.63, 3.8) is 0 Å². The minimum atomic E-state index is -0.371. The van der Waals surface area contributed by atoms with Gasteiger partial charge in [0.25, 0.3) is 5.91 Å². The summed E-state index contributed by atoms with van der Waals surface area (Å²) in [6.07, 6.45) is 1.57. The van der Waals surface area contributed by atoms with E-state index in [9.17, 15) is 9.18 Å². The molecule has 0 bridgehead atoms. The second kappa shape index (κ2) is 4.77. The summed E-state index contributed by atoms with van der Waals surface area (Å²) in [5, 5.41) is 2.68. The standard InChI is InChI=1S/C15H12FN3O/c1-9-4-11(16)7-12(5-9)19-15(20)10-2-3-13-14(6-10)18-8-17-13/h2-8H,1H3,(H,17,18)(H,19,20). The number of nitrogens with one attached hydrogen (secondary N) is 2. The quantitative estimate of drug-likeness (QED) is 0.750. The fourth-order valence-corrected chi connectivity index (χ4v) is 2.09. The molecule has 0 aliphatic heterocycles. The predicted molar refractivity (Wildman–Crippen MR) is 75.2 cm³/mol. The van der Waals surface area contributed by atoms with Gasteiger partial charge in [0.15, 0.2) is 0 Å². The lowest BCUT2D eigenvalue weighted by molar-refractivity contribution is 0.102. The third-order valence-corrected chi connectivity index (χ3v) is 2.98. The van der Waals surface area contributed by atoms with Crippen LogP contribution in [0, 0.1) is 12.7 Å². The first-order valence-electron chi connectivity index (χ1n) is 6.13. The average Bonchev–Trinajstić information content (AvgIpc) is 2.84. The molecule has 0 atom stereocenters. The summed E-state index contributed by atoms with van der Waals surface area (Å²) in [5.74, 6) is -0.657. The number of halogens is 1. The Morgan fingerprint density at radius 3 is 2.90 bits per heavy atom. The Hall–Kier alpha value is -2.69. The third kappa shape index (κ3) is 2.38. The average molecular weight is 269 g/mol. The minimum Gasteiger partial charge on any atom is -0.345 e. The van der Waals surface area contributed by atoms with Crippen molar-refractivity contribution in [3.8, 4) is 0 Å². The maximum atomic E-state index is 13.3. The van der Waals surface area contributed by atoms with Crippen LogP contribution in [0.2, 0.25) is 0 Å². The zero-order valence-electron chi connectivity index (χ0n) is 10.8. The van der Waals surface area contributed by atoms with Gasteiger partial charge in [-0.15, -0.1) is 0 Å². The molecule has 0 aliphatic carbocycles. The van der Waals surface area contributed by atoms with Gasteiger partial charge in [-0.25, -0.2) is 9.37 Å². The van der Waals surface area contributed by atoms with E-state index < -0.39 is 0 Å². The molecule has 0 saturated heterocycles. The molecular formula is C15H12FN3O. The van der Waals surface area contributed by atoms with E-state index in [-0.39, 0.29) is 11.7 Å². The van der Waals surface area contributed by atoms with Gasteiger partial charge in [-0.05, 0) is 48.9 Å². The van der Waals surface area contributed by atoms with Gasteiger partial charge in [-0.3, -0.25) is 4.79 Å². The van der Waals surface area contributed by atoms with E-state index in [1.54, 1.807) is 37.5 Å². The van der Waals surface area contributed by atoms with Gasteiger partial charge in [-0.2, -0.15) is 0 Å². The minimum absolute atomic E-state index is 0.286. The molecule has 1 aromatic heterocycles. The molecule has 2 N–H and O–H groups in total. The Bertz CT molecular complexity index is 774. The molecule has 5 heteroatoms. The van der Waals surface area contributed by atoms with E-state index in [0.29, 0.717) is 11.3 Å². The molecule has 3 aromatic rings. The van der Waals surface area contributed by atoms with Crippen molar-refractivity contribution in [3.05, 3.63) is 59.7 Å². The molecule has 0 spiro atoms. The molecule has 0 aliphatic rings. The smallest absolute Gasteiger partial charge is 0.255 e. The Labute approximate surface area is 114 Å². The molecule has 0 saturated carbocycles. The fraction of sp³-hybridized carbons (Fsp3) is 0.0667. The number of amides is 1. The number of aromatic amines is 1. The number of imidazole rings is 1. The lowest BCUT2D eigenvalue weighted by atomic mass is 10.1. The highest BCUT2D eigenvalue weighted by atomic mass is 19.1. The van der Waals surface area contributed by atoms with Crippen LogP contribution in [0.5, 0.6) is 0 Å². The topological polar surface area (TPSA) is 57.8 Å². The number of H-pyrrole nitrogens is 1. The molecule has 20 heavy (non-hydrogen) atoms. The summed E-state index contributed by atoms with van der Waals surface area (Å²) in [4.78, 5) is 19.2. The van der Waals surface area contributed by atoms with E-state index in [2.05, 4.69) is 15.3 Å². The molecular weight excluding hydrogens is 257 g/mol. The van der Waals surface area contributed by atoms with Gasteiger partial charge >= 0.3 is 0 Å². The van der Waals surface area contributed by atoms with Crippen molar-refractivity contribution in [2.75, 3.05) is 5.32 Å². The first-order valence-corrected chi connectivity index (χ1v) is 6.13. The number of aromatic nitrogens is 2. The van der Waals surface area contributed by atoms with Crippen molar-refractivity contribution < 1.29 is 9.18 Å². The fourth-order valence-electron chi connectivity index (χ4n) is 2.09. The Kier molecular flexibility index (Phi) is 2.95. The van der Waals surface area contributed by atoms with Gasteiger partial charge in [0.05, 0.1) is 17.4 Å². The molecule has 4 nitrogen and oxygen atoms in total. The molecule has 2 aromatic carbocycles. The zero-order chi connectivity index (χ0) is 14.1. The van der Waals surface area contributed by atoms with E-state index in [0.717, 1.165) is 16.6 Å². The number of fused-ring (bicyclic) bond motifs is 1. The van der Waals surface area contributed by atoms with Crippen LogP contribution in [0.1, 0.15) is 15.9 Å². The first kappa shape index (κ1) is 12.3. The van der Waals surface area contributed by atoms with Crippen molar-refractivity contribution >= 4 is 22.6 Å². The normalized spacial score (nSPS) is 10.7. The zero-order valence-corrected chi connectivity index (χ0v) is 10.8. The number of hydrogen-bond donors (Lipinski definition) is 2. The second-order valence-corrected chi connectivity index (χ2v) is 4.61. The monoisotopic (exact) mass is 269 g/mol. The maximum Gasteiger partial charge on any atom is 0.255 e. The summed E-state index contributed by atoms with van der Waals surface area (Å²) in [6, 6.07) is 9.58. The Morgan fingerprint density at radius 2 is 2.10 bits per heavy atom. The lowest BCUT2D eigenvalue weighted by Crippen LogP contribution is -2.12. The molecule has 0 fully saturated rings. The SMILES string of the molecule is Cc1cc(F)cc(NC(=O)c2ccc3nc[nH]c3c2)c1. The number of carbonyl (C=O) groups is 1. The van der Waals surface area contributed by atoms with Crippen LogP contribution in [0.15, 0.2) is 42.7 Å². The number of nitrogens with zero attached hydrogens (tertiary/aromatic N) is 1. The number of rotatable bonds is 2. The van der Waals surface area contributed by atoms with Crippen molar-refractivity contribution in [1.82, 2.24) is 9.97 Å². The van der Waals surface area contributed by atoms with Crippen LogP contribution < -0.4 is 5.32 Å². The van der Waals surface area contributed by atoms with E-state index in [4.69, 9.17) is 0 Å². The number of aryl methyl sites for hydroxylation is 1. The third-order valence-electron chi connectivity index (χ3n) is 2.98. The summed E-state index contributed by atoms with van der Waals surface area (Å²) in [6.45, 7) is 1.77. The van der Waals surface area contributed by atoms with E-state index >= 15 is 0 Å². The van der Waals surface area contributed by atoms with Crippen LogP contribution in [-0.4, -0.2) is 15.9 Å². The van der Waals surface area contributed by atoms with Crippen molar-refractivity contribution in [2.45, 2.75) is 6.92 Å². The van der Waals surface area contributed by atoms with Gasteiger partial charge in [-0.1, -0.05) is 0 Å². The molecule has 1 amide bonds. The van der Waals surface area contributed by atoms with Gasteiger partial charge in [0.1, 0.15) is 5.82 Å². The molecule has 100 valence electrons. The molecule has 0 unspecified atom stereocenters. The van der Waals surface area contributed by atoms with Crippen LogP contribution in [0.3, 0.4) is 0 Å². The van der Waals surface area contributed by atoms with Crippen LogP contribution >= 0.6 is 0 Å². The number of anilines is 1. The highest BCUT2D eigenvalue weighted by molar-refractivity contribution is 6.05. The Morgan fingerprint density at radius 1 is 1.25 bits per heavy atom. The summed E-state index contributed by atoms with van der Waals surface area (Å²) in [7, 11) is 0. The second-order valence-electron chi connectivity index (χ2n) is 4.61.